The lowest BCUT2D eigenvalue weighted by molar-refractivity contribution is 0.0131. The van der Waals surface area contributed by atoms with Gasteiger partial charge in [-0.3, -0.25) is 0 Å². The van der Waals surface area contributed by atoms with Crippen LogP contribution in [0.1, 0.15) is 27.7 Å². The van der Waals surface area contributed by atoms with Gasteiger partial charge in [0.2, 0.25) is 0 Å². The molecule has 0 bridgehead atoms. The van der Waals surface area contributed by atoms with E-state index in [9.17, 15) is 0 Å². The van der Waals surface area contributed by atoms with Gasteiger partial charge < -0.3 is 14.2 Å². The van der Waals surface area contributed by atoms with Crippen molar-refractivity contribution in [3.63, 3.8) is 0 Å². The fourth-order valence-corrected chi connectivity index (χ4v) is 1.36. The van der Waals surface area contributed by atoms with E-state index >= 15 is 0 Å². The van der Waals surface area contributed by atoms with Gasteiger partial charge in [0.1, 0.15) is 34.9 Å². The summed E-state index contributed by atoms with van der Waals surface area (Å²) in [4.78, 5) is 0. The van der Waals surface area contributed by atoms with Gasteiger partial charge in [0.05, 0.1) is 0 Å². The summed E-state index contributed by atoms with van der Waals surface area (Å²) in [5, 5.41) is 0. The lowest BCUT2D eigenvalue weighted by Crippen LogP contribution is -2.21. The molecule has 0 aliphatic carbocycles. The smallest absolute Gasteiger partial charge is 0.129 e. The Balaban J connectivity index is 4.15. The zero-order chi connectivity index (χ0) is 13.6. The highest BCUT2D eigenvalue weighted by Crippen LogP contribution is 2.17. The van der Waals surface area contributed by atoms with E-state index in [0.29, 0.717) is 11.5 Å². The quantitative estimate of drug-likeness (QED) is 0.497. The zero-order valence-corrected chi connectivity index (χ0v) is 12.2. The van der Waals surface area contributed by atoms with Crippen LogP contribution < -0.4 is 0 Å². The molecule has 0 amide bonds. The Labute approximate surface area is 113 Å². The first-order valence-electron chi connectivity index (χ1n) is 5.38. The molecule has 0 spiro atoms. The molecule has 0 saturated carbocycles. The summed E-state index contributed by atoms with van der Waals surface area (Å²) in [5.74, 6) is 0.861. The van der Waals surface area contributed by atoms with E-state index < -0.39 is 11.1 Å². The van der Waals surface area contributed by atoms with Crippen molar-refractivity contribution in [2.24, 2.45) is 0 Å². The minimum atomic E-state index is -0.407. The second kappa shape index (κ2) is 7.98. The van der Waals surface area contributed by atoms with Gasteiger partial charge in [-0.1, -0.05) is 36.4 Å². The van der Waals surface area contributed by atoms with Crippen molar-refractivity contribution in [1.82, 2.24) is 0 Å². The minimum Gasteiger partial charge on any atom is -0.462 e. The summed E-state index contributed by atoms with van der Waals surface area (Å²) >= 11 is 11.4. The number of hydrogen-bond acceptors (Lipinski definition) is 3. The highest BCUT2D eigenvalue weighted by molar-refractivity contribution is 6.19. The van der Waals surface area contributed by atoms with Crippen LogP contribution in [0, 0.1) is 0 Å². The van der Waals surface area contributed by atoms with Gasteiger partial charge >= 0.3 is 0 Å². The third-order valence-corrected chi connectivity index (χ3v) is 2.16. The molecular weight excluding hydrogens is 263 g/mol. The SMILES string of the molecule is C=C(OC(=C)C(C)OC(C)Cl)C(C)OC(C)Cl. The van der Waals surface area contributed by atoms with Crippen LogP contribution in [0.5, 0.6) is 0 Å². The molecule has 0 aliphatic rings. The number of hydrogen-bond donors (Lipinski definition) is 0. The van der Waals surface area contributed by atoms with Crippen LogP contribution in [0.2, 0.25) is 0 Å². The lowest BCUT2D eigenvalue weighted by atomic mass is 10.3. The van der Waals surface area contributed by atoms with Crippen LogP contribution in [-0.4, -0.2) is 23.3 Å². The third kappa shape index (κ3) is 7.66. The molecule has 0 fully saturated rings. The summed E-state index contributed by atoms with van der Waals surface area (Å²) in [5.41, 5.74) is -0.815. The van der Waals surface area contributed by atoms with Crippen molar-refractivity contribution in [2.75, 3.05) is 0 Å². The number of rotatable bonds is 8. The monoisotopic (exact) mass is 282 g/mol. The molecule has 0 saturated heterocycles. The molecule has 0 aromatic heterocycles. The van der Waals surface area contributed by atoms with Gasteiger partial charge in [-0.05, 0) is 27.7 Å². The summed E-state index contributed by atoms with van der Waals surface area (Å²) in [6.07, 6.45) is -0.639. The molecule has 0 rings (SSSR count). The van der Waals surface area contributed by atoms with Crippen molar-refractivity contribution in [3.8, 4) is 0 Å². The normalized spacial score (nSPS) is 18.0. The van der Waals surface area contributed by atoms with Gasteiger partial charge in [-0.15, -0.1) is 0 Å². The van der Waals surface area contributed by atoms with E-state index in [-0.39, 0.29) is 12.2 Å². The van der Waals surface area contributed by atoms with E-state index in [0.717, 1.165) is 0 Å². The fourth-order valence-electron chi connectivity index (χ4n) is 1.05. The first kappa shape index (κ1) is 16.8. The molecule has 4 unspecified atom stereocenters. The Hall–Kier alpha value is -0.220. The Bertz CT molecular complexity index is 238. The largest absolute Gasteiger partial charge is 0.462 e. The summed E-state index contributed by atoms with van der Waals surface area (Å²) in [6.45, 7) is 14.5. The second-order valence-corrected chi connectivity index (χ2v) is 4.91. The van der Waals surface area contributed by atoms with Gasteiger partial charge in [0, 0.05) is 0 Å². The number of ether oxygens (including phenoxy) is 3. The number of halogens is 2. The average molecular weight is 283 g/mol. The Morgan fingerprint density at radius 2 is 1.12 bits per heavy atom. The maximum atomic E-state index is 5.70. The average Bonchev–Trinajstić information content (AvgIpc) is 2.15. The van der Waals surface area contributed by atoms with Crippen LogP contribution >= 0.6 is 23.2 Å². The molecule has 0 aromatic rings. The van der Waals surface area contributed by atoms with Crippen molar-refractivity contribution in [2.45, 2.75) is 51.0 Å². The van der Waals surface area contributed by atoms with E-state index in [4.69, 9.17) is 37.4 Å². The Morgan fingerprint density at radius 3 is 1.35 bits per heavy atom. The molecular formula is C12H20Cl2O3. The highest BCUT2D eigenvalue weighted by Gasteiger charge is 2.16. The Morgan fingerprint density at radius 1 is 0.824 bits per heavy atom. The van der Waals surface area contributed by atoms with Crippen LogP contribution in [0.4, 0.5) is 0 Å². The van der Waals surface area contributed by atoms with Gasteiger partial charge in [0.15, 0.2) is 0 Å². The molecule has 5 heteroatoms. The van der Waals surface area contributed by atoms with Crippen molar-refractivity contribution >= 4 is 23.2 Å². The van der Waals surface area contributed by atoms with Crippen LogP contribution in [0.25, 0.3) is 0 Å². The zero-order valence-electron chi connectivity index (χ0n) is 10.7. The maximum absolute atomic E-state index is 5.70. The van der Waals surface area contributed by atoms with Gasteiger partial charge in [0.25, 0.3) is 0 Å². The summed E-state index contributed by atoms with van der Waals surface area (Å²) in [6, 6.07) is 0. The van der Waals surface area contributed by atoms with Gasteiger partial charge in [-0.25, -0.2) is 0 Å². The molecule has 4 atom stereocenters. The molecule has 0 heterocycles. The topological polar surface area (TPSA) is 27.7 Å². The number of alkyl halides is 2. The predicted octanol–water partition coefficient (Wildman–Crippen LogP) is 4.01. The molecule has 0 N–H and O–H groups in total. The summed E-state index contributed by atoms with van der Waals surface area (Å²) in [7, 11) is 0. The van der Waals surface area contributed by atoms with Crippen LogP contribution in [-0.2, 0) is 14.2 Å². The highest BCUT2D eigenvalue weighted by atomic mass is 35.5. The van der Waals surface area contributed by atoms with Crippen molar-refractivity contribution < 1.29 is 14.2 Å². The lowest BCUT2D eigenvalue weighted by Gasteiger charge is -2.22. The Kier molecular flexibility index (Phi) is 7.88. The van der Waals surface area contributed by atoms with Crippen molar-refractivity contribution in [3.05, 3.63) is 24.7 Å². The standard InChI is InChI=1S/C12H20Cl2O3/c1-7(9(3)16-11(5)13)15-8(2)10(4)17-12(6)14/h9-12H,1-2H2,3-6H3. The van der Waals surface area contributed by atoms with Crippen LogP contribution in [0.15, 0.2) is 24.7 Å². The first-order chi connectivity index (χ1) is 7.73. The van der Waals surface area contributed by atoms with Crippen molar-refractivity contribution in [1.29, 1.82) is 0 Å². The van der Waals surface area contributed by atoms with E-state index in [2.05, 4.69) is 13.2 Å². The molecule has 0 radical (unpaired) electrons. The van der Waals surface area contributed by atoms with E-state index in [1.807, 2.05) is 0 Å². The first-order valence-corrected chi connectivity index (χ1v) is 6.25. The summed E-state index contributed by atoms with van der Waals surface area (Å²) < 4.78 is 16.0. The molecule has 100 valence electrons. The van der Waals surface area contributed by atoms with E-state index in [1.54, 1.807) is 27.7 Å². The van der Waals surface area contributed by atoms with Crippen LogP contribution in [0.3, 0.4) is 0 Å². The third-order valence-electron chi connectivity index (χ3n) is 1.95. The van der Waals surface area contributed by atoms with Gasteiger partial charge in [-0.2, -0.15) is 0 Å². The molecule has 3 nitrogen and oxygen atoms in total. The maximum Gasteiger partial charge on any atom is 0.129 e. The fraction of sp³-hybridized carbons (Fsp3) is 0.667. The van der Waals surface area contributed by atoms with E-state index in [1.165, 1.54) is 0 Å². The molecule has 0 aromatic carbocycles. The predicted molar refractivity (Wildman–Crippen MR) is 71.1 cm³/mol. The molecule has 17 heavy (non-hydrogen) atoms. The minimum absolute atomic E-state index is 0.320. The second-order valence-electron chi connectivity index (χ2n) is 3.68. The molecule has 0 aliphatic heterocycles.